The van der Waals surface area contributed by atoms with E-state index >= 15 is 0 Å². The molecule has 9 heteroatoms. The molecule has 7 nitrogen and oxygen atoms in total. The van der Waals surface area contributed by atoms with Crippen molar-refractivity contribution in [2.45, 2.75) is 6.92 Å². The summed E-state index contributed by atoms with van der Waals surface area (Å²) < 4.78 is 0.974. The number of carbonyl (C=O) groups excluding carboxylic acids is 1. The number of nitrogens with zero attached hydrogens (tertiary/aromatic N) is 2. The van der Waals surface area contributed by atoms with Crippen LogP contribution in [0.1, 0.15) is 15.9 Å². The molecule has 0 spiro atoms. The maximum Gasteiger partial charge on any atom is 0.270 e. The van der Waals surface area contributed by atoms with Gasteiger partial charge >= 0.3 is 0 Å². The molecule has 0 unspecified atom stereocenters. The molecule has 0 radical (unpaired) electrons. The second-order valence-electron chi connectivity index (χ2n) is 6.55. The van der Waals surface area contributed by atoms with Crippen molar-refractivity contribution < 1.29 is 14.8 Å². The number of hydrogen-bond acceptors (Lipinski definition) is 6. The second kappa shape index (κ2) is 7.74. The van der Waals surface area contributed by atoms with E-state index in [0.717, 1.165) is 16.3 Å². The van der Waals surface area contributed by atoms with Gasteiger partial charge in [-0.3, -0.25) is 14.9 Å². The molecule has 0 aliphatic carbocycles. The first-order valence-electron chi connectivity index (χ1n) is 8.78. The average Bonchev–Trinajstić information content (AvgIpc) is 3.14. The summed E-state index contributed by atoms with van der Waals surface area (Å²) in [5, 5.41) is 25.0. The number of carbonyl (C=O) groups is 1. The second-order valence-corrected chi connectivity index (χ2v) is 7.99. The van der Waals surface area contributed by atoms with Gasteiger partial charge in [0, 0.05) is 17.8 Å². The lowest BCUT2D eigenvalue weighted by Gasteiger charge is -2.11. The van der Waals surface area contributed by atoms with E-state index < -0.39 is 10.8 Å². The molecule has 4 rings (SSSR count). The number of nitro benzene ring substituents is 1. The fourth-order valence-corrected chi connectivity index (χ4v) is 4.19. The molecular weight excluding hydrogens is 426 g/mol. The first-order valence-corrected chi connectivity index (χ1v) is 9.98. The molecule has 1 amide bonds. The summed E-state index contributed by atoms with van der Waals surface area (Å²) in [5.41, 5.74) is 2.00. The van der Waals surface area contributed by atoms with Crippen molar-refractivity contribution in [1.29, 1.82) is 0 Å². The van der Waals surface area contributed by atoms with Crippen LogP contribution in [0.5, 0.6) is 5.75 Å². The van der Waals surface area contributed by atoms with Crippen LogP contribution in [0.15, 0.2) is 54.6 Å². The standard InChI is InChI=1S/C21H14ClN3O4S/c1-11-8-12(23-20(27)14-10-13(25(28)29)6-7-16(14)22)9-15(19(11)26)21-24-17-4-2-3-5-18(17)30-21/h2-10,26H,1H3,(H,23,27). The van der Waals surface area contributed by atoms with Crippen molar-refractivity contribution in [1.82, 2.24) is 4.98 Å². The number of benzene rings is 3. The van der Waals surface area contributed by atoms with Crippen LogP contribution in [0.4, 0.5) is 11.4 Å². The zero-order chi connectivity index (χ0) is 21.4. The van der Waals surface area contributed by atoms with Gasteiger partial charge in [0.05, 0.1) is 31.3 Å². The van der Waals surface area contributed by atoms with Gasteiger partial charge in [0.15, 0.2) is 0 Å². The number of halogens is 1. The number of hydrogen-bond donors (Lipinski definition) is 2. The zero-order valence-electron chi connectivity index (χ0n) is 15.5. The number of aromatic nitrogens is 1. The van der Waals surface area contributed by atoms with Crippen LogP contribution in [0.2, 0.25) is 5.02 Å². The highest BCUT2D eigenvalue weighted by atomic mass is 35.5. The van der Waals surface area contributed by atoms with Crippen LogP contribution in [-0.2, 0) is 0 Å². The van der Waals surface area contributed by atoms with Crippen LogP contribution in [-0.4, -0.2) is 20.9 Å². The number of thiazole rings is 1. The van der Waals surface area contributed by atoms with Crippen molar-refractivity contribution in [3.8, 4) is 16.3 Å². The number of fused-ring (bicyclic) bond motifs is 1. The number of rotatable bonds is 4. The van der Waals surface area contributed by atoms with Gasteiger partial charge in [-0.1, -0.05) is 23.7 Å². The van der Waals surface area contributed by atoms with Crippen molar-refractivity contribution in [3.05, 3.63) is 80.9 Å². The predicted octanol–water partition coefficient (Wildman–Crippen LogP) is 5.79. The smallest absolute Gasteiger partial charge is 0.270 e. The third-order valence-electron chi connectivity index (χ3n) is 4.49. The number of aromatic hydroxyl groups is 1. The lowest BCUT2D eigenvalue weighted by molar-refractivity contribution is -0.384. The molecule has 1 heterocycles. The van der Waals surface area contributed by atoms with E-state index in [1.165, 1.54) is 23.5 Å². The van der Waals surface area contributed by atoms with Crippen LogP contribution in [0, 0.1) is 17.0 Å². The third-order valence-corrected chi connectivity index (χ3v) is 5.89. The number of phenolic OH excluding ortho intramolecular Hbond substituents is 1. The van der Waals surface area contributed by atoms with Crippen molar-refractivity contribution in [2.24, 2.45) is 0 Å². The molecule has 0 fully saturated rings. The van der Waals surface area contributed by atoms with Gasteiger partial charge in [0.2, 0.25) is 0 Å². The number of amides is 1. The van der Waals surface area contributed by atoms with Crippen molar-refractivity contribution in [3.63, 3.8) is 0 Å². The lowest BCUT2D eigenvalue weighted by atomic mass is 10.1. The first-order chi connectivity index (χ1) is 14.3. The minimum atomic E-state index is -0.594. The monoisotopic (exact) mass is 439 g/mol. The zero-order valence-corrected chi connectivity index (χ0v) is 17.1. The topological polar surface area (TPSA) is 105 Å². The molecule has 0 aliphatic rings. The molecule has 3 aromatic carbocycles. The summed E-state index contributed by atoms with van der Waals surface area (Å²) in [4.78, 5) is 27.7. The first kappa shape index (κ1) is 19.8. The van der Waals surface area contributed by atoms with E-state index in [1.54, 1.807) is 19.1 Å². The number of non-ortho nitro benzene ring substituents is 1. The fourth-order valence-electron chi connectivity index (χ4n) is 3.00. The van der Waals surface area contributed by atoms with E-state index in [2.05, 4.69) is 10.3 Å². The van der Waals surface area contributed by atoms with Gasteiger partial charge in [-0.2, -0.15) is 0 Å². The van der Waals surface area contributed by atoms with Gasteiger partial charge in [0.25, 0.3) is 11.6 Å². The Labute approximate surface area is 179 Å². The predicted molar refractivity (Wildman–Crippen MR) is 118 cm³/mol. The molecule has 0 aliphatic heterocycles. The molecule has 150 valence electrons. The molecule has 0 saturated heterocycles. The Morgan fingerprint density at radius 3 is 2.70 bits per heavy atom. The number of nitrogens with one attached hydrogen (secondary N) is 1. The van der Waals surface area contributed by atoms with E-state index in [-0.39, 0.29) is 22.0 Å². The van der Waals surface area contributed by atoms with Crippen LogP contribution in [0.3, 0.4) is 0 Å². The Hall–Kier alpha value is -3.49. The Kier molecular flexibility index (Phi) is 5.11. The number of nitro groups is 1. The summed E-state index contributed by atoms with van der Waals surface area (Å²) in [6.45, 7) is 1.71. The third kappa shape index (κ3) is 3.70. The van der Waals surface area contributed by atoms with E-state index in [4.69, 9.17) is 11.6 Å². The molecule has 4 aromatic rings. The lowest BCUT2D eigenvalue weighted by Crippen LogP contribution is -2.13. The normalized spacial score (nSPS) is 10.9. The number of anilines is 1. The molecule has 1 aromatic heterocycles. The summed E-state index contributed by atoms with van der Waals surface area (Å²) in [7, 11) is 0. The van der Waals surface area contributed by atoms with Gasteiger partial charge in [-0.25, -0.2) is 4.98 Å². The van der Waals surface area contributed by atoms with E-state index in [1.807, 2.05) is 24.3 Å². The Morgan fingerprint density at radius 1 is 1.20 bits per heavy atom. The minimum absolute atomic E-state index is 0.0156. The van der Waals surface area contributed by atoms with Crippen molar-refractivity contribution in [2.75, 3.05) is 5.32 Å². The van der Waals surface area contributed by atoms with E-state index in [0.29, 0.717) is 21.8 Å². The minimum Gasteiger partial charge on any atom is -0.507 e. The SMILES string of the molecule is Cc1cc(NC(=O)c2cc([N+](=O)[O-])ccc2Cl)cc(-c2nc3ccccc3s2)c1O. The molecule has 2 N–H and O–H groups in total. The van der Waals surface area contributed by atoms with Gasteiger partial charge in [-0.05, 0) is 42.8 Å². The highest BCUT2D eigenvalue weighted by Gasteiger charge is 2.18. The average molecular weight is 440 g/mol. The number of aryl methyl sites for hydroxylation is 1. The quantitative estimate of drug-likeness (QED) is 0.238. The summed E-state index contributed by atoms with van der Waals surface area (Å²) in [5.74, 6) is -0.524. The van der Waals surface area contributed by atoms with Gasteiger partial charge in [-0.15, -0.1) is 11.3 Å². The summed E-state index contributed by atoms with van der Waals surface area (Å²) in [6, 6.07) is 14.5. The summed E-state index contributed by atoms with van der Waals surface area (Å²) >= 11 is 7.48. The molecular formula is C21H14ClN3O4S. The van der Waals surface area contributed by atoms with Crippen LogP contribution in [0.25, 0.3) is 20.8 Å². The Bertz CT molecular complexity index is 1290. The van der Waals surface area contributed by atoms with Crippen molar-refractivity contribution >= 4 is 50.4 Å². The van der Waals surface area contributed by atoms with Crippen LogP contribution >= 0.6 is 22.9 Å². The van der Waals surface area contributed by atoms with E-state index in [9.17, 15) is 20.0 Å². The summed E-state index contributed by atoms with van der Waals surface area (Å²) in [6.07, 6.45) is 0. The largest absolute Gasteiger partial charge is 0.507 e. The highest BCUT2D eigenvalue weighted by Crippen LogP contribution is 2.39. The highest BCUT2D eigenvalue weighted by molar-refractivity contribution is 7.21. The van der Waals surface area contributed by atoms with Gasteiger partial charge in [0.1, 0.15) is 10.8 Å². The Balaban J connectivity index is 1.71. The number of para-hydroxylation sites is 1. The van der Waals surface area contributed by atoms with Gasteiger partial charge < -0.3 is 10.4 Å². The molecule has 0 saturated carbocycles. The molecule has 30 heavy (non-hydrogen) atoms. The Morgan fingerprint density at radius 2 is 1.97 bits per heavy atom. The number of phenols is 1. The molecule has 0 bridgehead atoms. The maximum atomic E-state index is 12.7. The van der Waals surface area contributed by atoms with Crippen LogP contribution < -0.4 is 5.32 Å². The fraction of sp³-hybridized carbons (Fsp3) is 0.0476. The maximum absolute atomic E-state index is 12.7. The molecule has 0 atom stereocenters.